The van der Waals surface area contributed by atoms with Crippen LogP contribution in [0.1, 0.15) is 299 Å². The van der Waals surface area contributed by atoms with Gasteiger partial charge in [0.1, 0.15) is 12.4 Å². The standard InChI is InChI=1S/C20H24O2.C19H23NO2.C19H22O2.C18H21NO3.8C2H6.CH4/c1-12(2)9-14-7-8-15-5-4-6-16(18(15)10-14)11-17-13(3)19(21)20(17)22;1-12(2)10-14-4-5-15-6-8-20(9-7-16(15)11-14)17-13(3)18(21)19(17)22;1-11(2)8-13-4-5-14-6-7-15(17(14)9-13)10-16-12(3)18(20)19(16)21;1-11(2)8-13-4-5-15-14(9-13)10-19(6-7-22-15)16-12(3)17(20)18(16)21;8*1-2;/h7-8,10,12,16H,4-6,9,11H2,1-3H3;4-5,11-12H,6-10H2,1-3H3;4-5,9,11,15H,6-8,10H2,1-3H3;4-5,9,11H,6-8,10H2,1-3H3;8*1-2H3;1H4. The fourth-order valence-electron chi connectivity index (χ4n) is 14.0. The molecule has 2 atom stereocenters. The van der Waals surface area contributed by atoms with Gasteiger partial charge < -0.3 is 14.5 Å². The van der Waals surface area contributed by atoms with Crippen LogP contribution in [0.15, 0.2) is 111 Å². The second-order valence-corrected chi connectivity index (χ2v) is 27.3. The molecule has 2 heterocycles. The Morgan fingerprint density at radius 1 is 0.356 bits per heavy atom. The average molecular weight is 1430 g/mol. The molecule has 4 aliphatic rings. The van der Waals surface area contributed by atoms with E-state index in [1.54, 1.807) is 27.7 Å². The third-order valence-electron chi connectivity index (χ3n) is 18.6. The van der Waals surface area contributed by atoms with Crippen molar-refractivity contribution in [3.63, 3.8) is 0 Å². The molecule has 11 nitrogen and oxygen atoms in total. The number of anilines is 2. The Kier molecular flexibility index (Phi) is 45.9. The van der Waals surface area contributed by atoms with E-state index in [-0.39, 0.29) is 50.9 Å². The molecule has 0 fully saturated rings. The monoisotopic (exact) mass is 1430 g/mol. The van der Waals surface area contributed by atoms with E-state index in [1.165, 1.54) is 62.1 Å². The van der Waals surface area contributed by atoms with Gasteiger partial charge in [0.25, 0.3) is 0 Å². The Balaban J connectivity index is 0.00000127. The highest BCUT2D eigenvalue weighted by Crippen LogP contribution is 2.38. The normalized spacial score (nSPS) is 14.2. The summed E-state index contributed by atoms with van der Waals surface area (Å²) in [7, 11) is 0. The highest BCUT2D eigenvalue weighted by Gasteiger charge is 2.30. The van der Waals surface area contributed by atoms with Crippen LogP contribution in [-0.4, -0.2) is 26.2 Å². The molecule has 8 aromatic carbocycles. The Hall–Kier alpha value is -7.40. The molecule has 11 heteroatoms. The van der Waals surface area contributed by atoms with Gasteiger partial charge in [-0.25, -0.2) is 0 Å². The van der Waals surface area contributed by atoms with Crippen molar-refractivity contribution in [1.82, 2.24) is 0 Å². The lowest BCUT2D eigenvalue weighted by Crippen LogP contribution is -2.43. The Morgan fingerprint density at radius 3 is 1.11 bits per heavy atom. The molecule has 0 N–H and O–H groups in total. The molecule has 8 aromatic rings. The molecule has 104 heavy (non-hydrogen) atoms. The molecule has 0 bridgehead atoms. The third kappa shape index (κ3) is 25.7. The van der Waals surface area contributed by atoms with E-state index < -0.39 is 0 Å². The van der Waals surface area contributed by atoms with E-state index in [2.05, 4.69) is 127 Å². The van der Waals surface area contributed by atoms with Crippen LogP contribution < -0.4 is 58.0 Å². The summed E-state index contributed by atoms with van der Waals surface area (Å²) in [5, 5.41) is 0. The topological polar surface area (TPSA) is 152 Å². The van der Waals surface area contributed by atoms with Gasteiger partial charge in [-0.05, 0) is 208 Å². The molecule has 578 valence electrons. The van der Waals surface area contributed by atoms with Crippen molar-refractivity contribution < 1.29 is 4.74 Å². The lowest BCUT2D eigenvalue weighted by Gasteiger charge is -2.27. The van der Waals surface area contributed by atoms with Crippen LogP contribution in [-0.2, 0) is 70.8 Å². The number of ether oxygens (including phenoxy) is 1. The van der Waals surface area contributed by atoms with Gasteiger partial charge in [0.15, 0.2) is 0 Å². The minimum absolute atomic E-state index is 0. The number of nitrogens with zero attached hydrogens (tertiary/aromatic N) is 2. The fraction of sp³-hybridized carbons (Fsp3) is 0.570. The summed E-state index contributed by atoms with van der Waals surface area (Å²) in [4.78, 5) is 96.8. The summed E-state index contributed by atoms with van der Waals surface area (Å²) in [5.74, 6) is 4.25. The molecule has 0 saturated carbocycles. The van der Waals surface area contributed by atoms with Crippen molar-refractivity contribution in [3.05, 3.63) is 249 Å². The number of aryl methyl sites for hydroxylation is 2. The predicted octanol–water partition coefficient (Wildman–Crippen LogP) is 19.9. The SMILES string of the molecule is C.CC.CC.CC.CC.CC.CC.CC.CC.Cc1c(CC2CCCc3ccc(CC(C)C)cc32)c(=O)c1=O.Cc1c(CC2CCc3ccc(CC(C)C)cc32)c(=O)c1=O.Cc1c(N2CCOc3ccc(CC(C)C)cc3C2)c(=O)c1=O.Cc1c(N2CCc3ccc(CC(C)C)cc3CC2)c(=O)c1=O. The van der Waals surface area contributed by atoms with E-state index >= 15 is 0 Å². The number of hydrogen-bond acceptors (Lipinski definition) is 11. The molecule has 0 saturated heterocycles. The first-order valence-corrected chi connectivity index (χ1v) is 40.1. The van der Waals surface area contributed by atoms with E-state index in [4.69, 9.17) is 4.74 Å². The first-order valence-electron chi connectivity index (χ1n) is 40.1. The van der Waals surface area contributed by atoms with Crippen LogP contribution >= 0.6 is 0 Å². The Bertz CT molecular complexity index is 4100. The Morgan fingerprint density at radius 2 is 0.702 bits per heavy atom. The summed E-state index contributed by atoms with van der Waals surface area (Å²) < 4.78 is 5.79. The summed E-state index contributed by atoms with van der Waals surface area (Å²) in [6.07, 6.45) is 13.3. The van der Waals surface area contributed by atoms with Crippen LogP contribution in [0.25, 0.3) is 0 Å². The molecule has 0 radical (unpaired) electrons. The minimum Gasteiger partial charge on any atom is -0.491 e. The van der Waals surface area contributed by atoms with Crippen LogP contribution in [0.3, 0.4) is 0 Å². The minimum atomic E-state index is -0.362. The quantitative estimate of drug-likeness (QED) is 0.0956. The largest absolute Gasteiger partial charge is 0.491 e. The van der Waals surface area contributed by atoms with Crippen molar-refractivity contribution in [2.75, 3.05) is 36.0 Å². The zero-order valence-corrected chi connectivity index (χ0v) is 69.7. The van der Waals surface area contributed by atoms with Crippen LogP contribution in [0.2, 0.25) is 0 Å². The fourth-order valence-corrected chi connectivity index (χ4v) is 14.0. The maximum Gasteiger partial charge on any atom is 0.249 e. The van der Waals surface area contributed by atoms with Gasteiger partial charge in [-0.2, -0.15) is 0 Å². The number of benzene rings is 4. The van der Waals surface area contributed by atoms with Crippen LogP contribution in [0, 0.1) is 51.4 Å². The van der Waals surface area contributed by atoms with E-state index in [0.717, 1.165) is 113 Å². The average Bonchev–Trinajstić information content (AvgIpc) is 1.21. The third-order valence-corrected chi connectivity index (χ3v) is 18.6. The molecular weight excluding hydrogens is 1290 g/mol. The second-order valence-electron chi connectivity index (χ2n) is 27.3. The zero-order valence-electron chi connectivity index (χ0n) is 69.7. The smallest absolute Gasteiger partial charge is 0.249 e. The van der Waals surface area contributed by atoms with E-state index in [1.807, 2.05) is 122 Å². The summed E-state index contributed by atoms with van der Waals surface area (Å²) in [6, 6.07) is 26.8. The van der Waals surface area contributed by atoms with Crippen molar-refractivity contribution in [1.29, 1.82) is 0 Å². The maximum absolute atomic E-state index is 11.8. The van der Waals surface area contributed by atoms with Gasteiger partial charge in [0.2, 0.25) is 43.4 Å². The van der Waals surface area contributed by atoms with Crippen molar-refractivity contribution in [2.24, 2.45) is 23.7 Å². The number of fused-ring (bicyclic) bond motifs is 4. The molecular formula is C93H142N2O9. The zero-order chi connectivity index (χ0) is 78.7. The van der Waals surface area contributed by atoms with Crippen molar-refractivity contribution in [2.45, 2.75) is 303 Å². The Labute approximate surface area is 630 Å². The van der Waals surface area contributed by atoms with Crippen LogP contribution in [0.5, 0.6) is 5.75 Å². The molecule has 2 aliphatic carbocycles. The molecule has 12 rings (SSSR count). The molecule has 0 spiro atoms. The first-order chi connectivity index (χ1) is 49.4. The second kappa shape index (κ2) is 49.4. The molecule has 0 amide bonds. The van der Waals surface area contributed by atoms with Gasteiger partial charge in [-0.15, -0.1) is 0 Å². The van der Waals surface area contributed by atoms with E-state index in [0.29, 0.717) is 88.8 Å². The van der Waals surface area contributed by atoms with Gasteiger partial charge in [-0.3, -0.25) is 38.4 Å². The number of rotatable bonds is 14. The highest BCUT2D eigenvalue weighted by atomic mass is 16.5. The summed E-state index contributed by atoms with van der Waals surface area (Å²) >= 11 is 0. The van der Waals surface area contributed by atoms with Gasteiger partial charge >= 0.3 is 0 Å². The lowest BCUT2D eigenvalue weighted by molar-refractivity contribution is 0.331. The van der Waals surface area contributed by atoms with Crippen molar-refractivity contribution in [3.8, 4) is 5.75 Å². The first kappa shape index (κ1) is 96.6. The number of hydrogen-bond donors (Lipinski definition) is 0. The summed E-state index contributed by atoms with van der Waals surface area (Å²) in [5.41, 5.74) is 18.0. The van der Waals surface area contributed by atoms with Gasteiger partial charge in [0, 0.05) is 58.6 Å². The highest BCUT2D eigenvalue weighted by molar-refractivity contribution is 5.60. The van der Waals surface area contributed by atoms with Crippen LogP contribution in [0.4, 0.5) is 11.4 Å². The van der Waals surface area contributed by atoms with E-state index in [9.17, 15) is 38.4 Å². The predicted molar refractivity (Wildman–Crippen MR) is 452 cm³/mol. The van der Waals surface area contributed by atoms with Gasteiger partial charge in [-0.1, -0.05) is 240 Å². The molecule has 0 aromatic heterocycles. The van der Waals surface area contributed by atoms with Gasteiger partial charge in [0.05, 0.1) is 17.9 Å². The summed E-state index contributed by atoms with van der Waals surface area (Å²) in [6.45, 7) is 60.3. The maximum atomic E-state index is 11.8. The lowest BCUT2D eigenvalue weighted by atomic mass is 9.77. The van der Waals surface area contributed by atoms with Crippen molar-refractivity contribution >= 4 is 11.4 Å². The molecule has 2 aliphatic heterocycles. The molecule has 2 unspecified atom stereocenters.